The van der Waals surface area contributed by atoms with Gasteiger partial charge in [-0.1, -0.05) is 48.5 Å². The first-order valence-corrected chi connectivity index (χ1v) is 12.4. The van der Waals surface area contributed by atoms with E-state index in [-0.39, 0.29) is 24.3 Å². The number of nitrogens with zero attached hydrogens (tertiary/aromatic N) is 1. The summed E-state index contributed by atoms with van der Waals surface area (Å²) in [6.45, 7) is 0.0647. The van der Waals surface area contributed by atoms with E-state index in [9.17, 15) is 14.4 Å². The number of hydrogen-bond donors (Lipinski definition) is 3. The van der Waals surface area contributed by atoms with E-state index in [0.29, 0.717) is 29.8 Å². The molecule has 0 aliphatic carbocycles. The Hall–Kier alpha value is -4.91. The zero-order chi connectivity index (χ0) is 26.7. The SMILES string of the molecule is CN(C(=O)c1ccc(NCC(=O)Nc2ccc(NC(=O)CCc3ccccc3)cc2)cc1)c1ccccc1. The quantitative estimate of drug-likeness (QED) is 0.262. The fraction of sp³-hybridized carbons (Fsp3) is 0.129. The van der Waals surface area contributed by atoms with Crippen LogP contribution in [0.3, 0.4) is 0 Å². The molecule has 7 nitrogen and oxygen atoms in total. The first-order chi connectivity index (χ1) is 18.5. The number of benzene rings is 4. The Morgan fingerprint density at radius 3 is 1.76 bits per heavy atom. The number of hydrogen-bond acceptors (Lipinski definition) is 4. The number of rotatable bonds is 10. The fourth-order valence-corrected chi connectivity index (χ4v) is 3.84. The Bertz CT molecular complexity index is 1360. The van der Waals surface area contributed by atoms with Gasteiger partial charge in [0.1, 0.15) is 0 Å². The van der Waals surface area contributed by atoms with E-state index in [1.165, 1.54) is 0 Å². The van der Waals surface area contributed by atoms with Gasteiger partial charge in [0.15, 0.2) is 0 Å². The molecule has 3 amide bonds. The molecule has 38 heavy (non-hydrogen) atoms. The zero-order valence-corrected chi connectivity index (χ0v) is 21.2. The summed E-state index contributed by atoms with van der Waals surface area (Å²) in [5.41, 5.74) is 4.52. The molecule has 0 aliphatic heterocycles. The summed E-state index contributed by atoms with van der Waals surface area (Å²) in [4.78, 5) is 38.9. The summed E-state index contributed by atoms with van der Waals surface area (Å²) >= 11 is 0. The molecule has 7 heteroatoms. The van der Waals surface area contributed by atoms with Gasteiger partial charge in [-0.3, -0.25) is 14.4 Å². The van der Waals surface area contributed by atoms with Crippen molar-refractivity contribution in [2.75, 3.05) is 34.4 Å². The van der Waals surface area contributed by atoms with E-state index in [1.54, 1.807) is 60.5 Å². The molecule has 0 saturated carbocycles. The second kappa shape index (κ2) is 12.9. The smallest absolute Gasteiger partial charge is 0.258 e. The Morgan fingerprint density at radius 2 is 1.16 bits per heavy atom. The number of anilines is 4. The van der Waals surface area contributed by atoms with Gasteiger partial charge in [-0.05, 0) is 72.6 Å². The molecule has 0 aromatic heterocycles. The molecule has 192 valence electrons. The summed E-state index contributed by atoms with van der Waals surface area (Å²) in [5.74, 6) is -0.390. The monoisotopic (exact) mass is 506 g/mol. The molecule has 4 aromatic rings. The number of carbonyl (C=O) groups is 3. The van der Waals surface area contributed by atoms with Crippen LogP contribution in [0.5, 0.6) is 0 Å². The van der Waals surface area contributed by atoms with E-state index in [0.717, 1.165) is 16.9 Å². The third-order valence-electron chi connectivity index (χ3n) is 5.97. The number of aryl methyl sites for hydroxylation is 1. The van der Waals surface area contributed by atoms with Crippen LogP contribution in [0.4, 0.5) is 22.7 Å². The van der Waals surface area contributed by atoms with Crippen molar-refractivity contribution in [1.29, 1.82) is 0 Å². The summed E-state index contributed by atoms with van der Waals surface area (Å²) in [5, 5.41) is 8.77. The number of carbonyl (C=O) groups excluding carboxylic acids is 3. The highest BCUT2D eigenvalue weighted by Crippen LogP contribution is 2.17. The summed E-state index contributed by atoms with van der Waals surface area (Å²) in [6, 6.07) is 33.3. The van der Waals surface area contributed by atoms with Crippen LogP contribution in [0.2, 0.25) is 0 Å². The van der Waals surface area contributed by atoms with Crippen LogP contribution in [-0.4, -0.2) is 31.3 Å². The van der Waals surface area contributed by atoms with Gasteiger partial charge in [-0.2, -0.15) is 0 Å². The molecule has 0 spiro atoms. The molecule has 0 heterocycles. The van der Waals surface area contributed by atoms with Gasteiger partial charge < -0.3 is 20.9 Å². The molecular formula is C31H30N4O3. The Kier molecular flexibility index (Phi) is 8.86. The van der Waals surface area contributed by atoms with Crippen LogP contribution >= 0.6 is 0 Å². The van der Waals surface area contributed by atoms with Crippen molar-refractivity contribution in [2.24, 2.45) is 0 Å². The Balaban J connectivity index is 1.21. The molecule has 0 saturated heterocycles. The second-order valence-corrected chi connectivity index (χ2v) is 8.79. The summed E-state index contributed by atoms with van der Waals surface area (Å²) < 4.78 is 0. The molecular weight excluding hydrogens is 476 g/mol. The number of nitrogens with one attached hydrogen (secondary N) is 3. The van der Waals surface area contributed by atoms with Gasteiger partial charge in [-0.25, -0.2) is 0 Å². The van der Waals surface area contributed by atoms with E-state index in [1.807, 2.05) is 60.7 Å². The summed E-state index contributed by atoms with van der Waals surface area (Å²) in [6.07, 6.45) is 1.07. The van der Waals surface area contributed by atoms with Gasteiger partial charge in [0, 0.05) is 41.8 Å². The van der Waals surface area contributed by atoms with Crippen molar-refractivity contribution < 1.29 is 14.4 Å². The van der Waals surface area contributed by atoms with Crippen molar-refractivity contribution in [1.82, 2.24) is 0 Å². The van der Waals surface area contributed by atoms with Gasteiger partial charge >= 0.3 is 0 Å². The highest BCUT2D eigenvalue weighted by Gasteiger charge is 2.13. The summed E-state index contributed by atoms with van der Waals surface area (Å²) in [7, 11) is 1.74. The lowest BCUT2D eigenvalue weighted by atomic mass is 10.1. The predicted molar refractivity (Wildman–Crippen MR) is 153 cm³/mol. The lowest BCUT2D eigenvalue weighted by molar-refractivity contribution is -0.116. The molecule has 0 fully saturated rings. The first-order valence-electron chi connectivity index (χ1n) is 12.4. The van der Waals surface area contributed by atoms with Crippen molar-refractivity contribution in [3.05, 3.63) is 120 Å². The molecule has 4 rings (SSSR count). The average molecular weight is 507 g/mol. The molecule has 4 aromatic carbocycles. The van der Waals surface area contributed by atoms with Crippen LogP contribution in [0.1, 0.15) is 22.3 Å². The maximum atomic E-state index is 12.7. The van der Waals surface area contributed by atoms with Crippen LogP contribution in [0.25, 0.3) is 0 Å². The fourth-order valence-electron chi connectivity index (χ4n) is 3.84. The van der Waals surface area contributed by atoms with E-state index < -0.39 is 0 Å². The zero-order valence-electron chi connectivity index (χ0n) is 21.2. The van der Waals surface area contributed by atoms with Crippen molar-refractivity contribution >= 4 is 40.5 Å². The molecule has 3 N–H and O–H groups in total. The van der Waals surface area contributed by atoms with E-state index in [2.05, 4.69) is 16.0 Å². The highest BCUT2D eigenvalue weighted by atomic mass is 16.2. The van der Waals surface area contributed by atoms with Crippen molar-refractivity contribution in [3.8, 4) is 0 Å². The minimum atomic E-state index is -0.214. The van der Waals surface area contributed by atoms with Crippen molar-refractivity contribution in [2.45, 2.75) is 12.8 Å². The number of para-hydroxylation sites is 1. The first kappa shape index (κ1) is 26.2. The normalized spacial score (nSPS) is 10.3. The van der Waals surface area contributed by atoms with Gasteiger partial charge in [0.05, 0.1) is 6.54 Å². The third kappa shape index (κ3) is 7.54. The highest BCUT2D eigenvalue weighted by molar-refractivity contribution is 6.06. The standard InChI is InChI=1S/C31H30N4O3/c1-35(28-10-6-3-7-11-28)31(38)24-13-15-25(16-14-24)32-22-30(37)34-27-19-17-26(18-20-27)33-29(36)21-12-23-8-4-2-5-9-23/h2-11,13-20,32H,12,21-22H2,1H3,(H,33,36)(H,34,37). The van der Waals surface area contributed by atoms with Crippen LogP contribution < -0.4 is 20.9 Å². The van der Waals surface area contributed by atoms with Crippen LogP contribution in [0, 0.1) is 0 Å². The molecule has 0 aliphatic rings. The van der Waals surface area contributed by atoms with E-state index in [4.69, 9.17) is 0 Å². The van der Waals surface area contributed by atoms with Gasteiger partial charge in [0.2, 0.25) is 11.8 Å². The lowest BCUT2D eigenvalue weighted by Crippen LogP contribution is -2.26. The van der Waals surface area contributed by atoms with Crippen molar-refractivity contribution in [3.63, 3.8) is 0 Å². The Morgan fingerprint density at radius 1 is 0.632 bits per heavy atom. The largest absolute Gasteiger partial charge is 0.376 e. The minimum Gasteiger partial charge on any atom is -0.376 e. The lowest BCUT2D eigenvalue weighted by Gasteiger charge is -2.17. The third-order valence-corrected chi connectivity index (χ3v) is 5.97. The van der Waals surface area contributed by atoms with Gasteiger partial charge in [0.25, 0.3) is 5.91 Å². The molecule has 0 unspecified atom stereocenters. The maximum Gasteiger partial charge on any atom is 0.258 e. The predicted octanol–water partition coefficient (Wildman–Crippen LogP) is 5.59. The van der Waals surface area contributed by atoms with Gasteiger partial charge in [-0.15, -0.1) is 0 Å². The molecule has 0 bridgehead atoms. The van der Waals surface area contributed by atoms with Crippen LogP contribution in [-0.2, 0) is 16.0 Å². The van der Waals surface area contributed by atoms with E-state index >= 15 is 0 Å². The second-order valence-electron chi connectivity index (χ2n) is 8.79. The minimum absolute atomic E-state index is 0.0609. The topological polar surface area (TPSA) is 90.5 Å². The average Bonchev–Trinajstić information content (AvgIpc) is 2.96. The molecule has 0 radical (unpaired) electrons. The Labute approximate surface area is 222 Å². The van der Waals surface area contributed by atoms with Crippen LogP contribution in [0.15, 0.2) is 109 Å². The molecule has 0 atom stereocenters. The number of amides is 3. The maximum absolute atomic E-state index is 12.7.